The van der Waals surface area contributed by atoms with Crippen molar-refractivity contribution in [3.05, 3.63) is 45.5 Å². The molecular formula is C13H15Cl2N. The number of rotatable bonds is 2. The van der Waals surface area contributed by atoms with Gasteiger partial charge in [-0.2, -0.15) is 0 Å². The van der Waals surface area contributed by atoms with E-state index in [0.29, 0.717) is 0 Å². The molecule has 1 aromatic rings. The van der Waals surface area contributed by atoms with Crippen LogP contribution < -0.4 is 5.73 Å². The maximum atomic E-state index is 6.13. The maximum Gasteiger partial charge on any atom is 0.0442 e. The average molecular weight is 256 g/mol. The van der Waals surface area contributed by atoms with Gasteiger partial charge < -0.3 is 5.73 Å². The summed E-state index contributed by atoms with van der Waals surface area (Å²) in [5, 5.41) is 1.52. The van der Waals surface area contributed by atoms with E-state index in [-0.39, 0.29) is 6.04 Å². The predicted molar refractivity (Wildman–Crippen MR) is 70.1 cm³/mol. The third-order valence-electron chi connectivity index (χ3n) is 2.91. The maximum absolute atomic E-state index is 6.13. The van der Waals surface area contributed by atoms with Crippen LogP contribution in [0.25, 0.3) is 0 Å². The second kappa shape index (κ2) is 5.22. The van der Waals surface area contributed by atoms with Gasteiger partial charge in [-0.25, -0.2) is 0 Å². The molecule has 0 radical (unpaired) electrons. The summed E-state index contributed by atoms with van der Waals surface area (Å²) in [6, 6.07) is 5.81. The van der Waals surface area contributed by atoms with E-state index in [4.69, 9.17) is 28.9 Å². The van der Waals surface area contributed by atoms with Gasteiger partial charge in [0.2, 0.25) is 0 Å². The minimum absolute atomic E-state index is 0.210. The van der Waals surface area contributed by atoms with E-state index < -0.39 is 0 Å². The van der Waals surface area contributed by atoms with Gasteiger partial charge in [0.1, 0.15) is 0 Å². The summed E-state index contributed by atoms with van der Waals surface area (Å²) in [6.45, 7) is 0. The van der Waals surface area contributed by atoms with Crippen LogP contribution in [0.5, 0.6) is 0 Å². The summed E-state index contributed by atoms with van der Waals surface area (Å²) in [5.41, 5.74) is 8.38. The monoisotopic (exact) mass is 255 g/mol. The van der Waals surface area contributed by atoms with E-state index in [0.717, 1.165) is 34.9 Å². The average Bonchev–Trinajstić information content (AvgIpc) is 2.24. The number of allylic oxidation sites excluding steroid dienone is 1. The third kappa shape index (κ3) is 3.00. The van der Waals surface area contributed by atoms with Gasteiger partial charge in [-0.3, -0.25) is 0 Å². The van der Waals surface area contributed by atoms with Crippen molar-refractivity contribution < 1.29 is 0 Å². The molecule has 0 aromatic heterocycles. The first kappa shape index (κ1) is 12.0. The first-order valence-electron chi connectivity index (χ1n) is 5.54. The highest BCUT2D eigenvalue weighted by Gasteiger charge is 2.11. The quantitative estimate of drug-likeness (QED) is 0.796. The van der Waals surface area contributed by atoms with Crippen molar-refractivity contribution in [1.82, 2.24) is 0 Å². The lowest BCUT2D eigenvalue weighted by Crippen LogP contribution is -2.20. The van der Waals surface area contributed by atoms with Crippen molar-refractivity contribution in [3.8, 4) is 0 Å². The van der Waals surface area contributed by atoms with Gasteiger partial charge in [-0.05, 0) is 49.4 Å². The van der Waals surface area contributed by atoms with E-state index in [9.17, 15) is 0 Å². The van der Waals surface area contributed by atoms with E-state index in [2.05, 4.69) is 6.08 Å². The number of hydrogen-bond acceptors (Lipinski definition) is 1. The molecule has 1 aliphatic carbocycles. The second-order valence-electron chi connectivity index (χ2n) is 4.29. The van der Waals surface area contributed by atoms with Gasteiger partial charge in [0.25, 0.3) is 0 Å². The first-order valence-corrected chi connectivity index (χ1v) is 6.30. The second-order valence-corrected chi connectivity index (χ2v) is 5.14. The molecule has 0 spiro atoms. The molecule has 0 bridgehead atoms. The molecule has 2 rings (SSSR count). The van der Waals surface area contributed by atoms with Crippen molar-refractivity contribution in [2.24, 2.45) is 5.73 Å². The molecule has 1 atom stereocenters. The Hall–Kier alpha value is -0.500. The molecule has 0 fully saturated rings. The molecule has 3 heteroatoms. The molecule has 0 saturated carbocycles. The molecular weight excluding hydrogens is 241 g/mol. The van der Waals surface area contributed by atoms with Gasteiger partial charge in [-0.15, -0.1) is 0 Å². The smallest absolute Gasteiger partial charge is 0.0442 e. The number of hydrogen-bond donors (Lipinski definition) is 1. The largest absolute Gasteiger partial charge is 0.324 e. The van der Waals surface area contributed by atoms with Crippen molar-refractivity contribution in [2.45, 2.75) is 31.7 Å². The SMILES string of the molecule is NC1C=C(Cc2cc(Cl)ccc2Cl)CCC1. The minimum Gasteiger partial charge on any atom is -0.324 e. The zero-order chi connectivity index (χ0) is 11.5. The Labute approximate surface area is 106 Å². The minimum atomic E-state index is 0.210. The number of benzene rings is 1. The van der Waals surface area contributed by atoms with E-state index in [1.54, 1.807) is 0 Å². The summed E-state index contributed by atoms with van der Waals surface area (Å²) in [5.74, 6) is 0. The molecule has 0 heterocycles. The summed E-state index contributed by atoms with van der Waals surface area (Å²) < 4.78 is 0. The van der Waals surface area contributed by atoms with Gasteiger partial charge in [0.05, 0.1) is 0 Å². The first-order chi connectivity index (χ1) is 7.65. The lowest BCUT2D eigenvalue weighted by Gasteiger charge is -2.18. The third-order valence-corrected chi connectivity index (χ3v) is 3.51. The Balaban J connectivity index is 2.17. The Kier molecular flexibility index (Phi) is 3.91. The molecule has 86 valence electrons. The van der Waals surface area contributed by atoms with Crippen LogP contribution in [0.3, 0.4) is 0 Å². The highest BCUT2D eigenvalue weighted by atomic mass is 35.5. The van der Waals surface area contributed by atoms with Gasteiger partial charge in [0, 0.05) is 16.1 Å². The molecule has 1 nitrogen and oxygen atoms in total. The molecule has 1 aliphatic rings. The van der Waals surface area contributed by atoms with Crippen LogP contribution in [0.4, 0.5) is 0 Å². The zero-order valence-corrected chi connectivity index (χ0v) is 10.6. The fraction of sp³-hybridized carbons (Fsp3) is 0.385. The van der Waals surface area contributed by atoms with Gasteiger partial charge >= 0.3 is 0 Å². The Morgan fingerprint density at radius 1 is 1.31 bits per heavy atom. The van der Waals surface area contributed by atoms with Crippen molar-refractivity contribution in [1.29, 1.82) is 0 Å². The summed E-state index contributed by atoms with van der Waals surface area (Å²) in [7, 11) is 0. The van der Waals surface area contributed by atoms with Gasteiger partial charge in [0.15, 0.2) is 0 Å². The molecule has 2 N–H and O–H groups in total. The number of nitrogens with two attached hydrogens (primary N) is 1. The fourth-order valence-electron chi connectivity index (χ4n) is 2.10. The number of halogens is 2. The highest BCUT2D eigenvalue weighted by Crippen LogP contribution is 2.26. The summed E-state index contributed by atoms with van der Waals surface area (Å²) in [6.07, 6.45) is 6.42. The lowest BCUT2D eigenvalue weighted by molar-refractivity contribution is 0.617. The molecule has 0 aliphatic heterocycles. The van der Waals surface area contributed by atoms with Gasteiger partial charge in [-0.1, -0.05) is 34.9 Å². The van der Waals surface area contributed by atoms with Crippen molar-refractivity contribution in [3.63, 3.8) is 0 Å². The van der Waals surface area contributed by atoms with Crippen LogP contribution in [0.2, 0.25) is 10.0 Å². The summed E-state index contributed by atoms with van der Waals surface area (Å²) in [4.78, 5) is 0. The van der Waals surface area contributed by atoms with E-state index in [1.807, 2.05) is 18.2 Å². The summed E-state index contributed by atoms with van der Waals surface area (Å²) >= 11 is 12.1. The topological polar surface area (TPSA) is 26.0 Å². The van der Waals surface area contributed by atoms with Crippen LogP contribution in [-0.4, -0.2) is 6.04 Å². The molecule has 0 amide bonds. The van der Waals surface area contributed by atoms with Crippen LogP contribution in [0, 0.1) is 0 Å². The van der Waals surface area contributed by atoms with Crippen molar-refractivity contribution >= 4 is 23.2 Å². The van der Waals surface area contributed by atoms with E-state index >= 15 is 0 Å². The van der Waals surface area contributed by atoms with Crippen LogP contribution >= 0.6 is 23.2 Å². The van der Waals surface area contributed by atoms with Crippen LogP contribution in [-0.2, 0) is 6.42 Å². The van der Waals surface area contributed by atoms with E-state index in [1.165, 1.54) is 12.0 Å². The standard InChI is InChI=1S/C13H15Cl2N/c14-11-4-5-13(15)10(8-11)6-9-2-1-3-12(16)7-9/h4-5,7-8,12H,1-3,6,16H2. The van der Waals surface area contributed by atoms with Crippen molar-refractivity contribution in [2.75, 3.05) is 0 Å². The normalized spacial score (nSPS) is 20.7. The Morgan fingerprint density at radius 3 is 2.88 bits per heavy atom. The molecule has 0 saturated heterocycles. The zero-order valence-electron chi connectivity index (χ0n) is 9.05. The predicted octanol–water partition coefficient (Wildman–Crippen LogP) is 3.97. The Bertz CT molecular complexity index is 412. The molecule has 16 heavy (non-hydrogen) atoms. The molecule has 1 unspecified atom stereocenters. The van der Waals surface area contributed by atoms with Crippen LogP contribution in [0.1, 0.15) is 24.8 Å². The fourth-order valence-corrected chi connectivity index (χ4v) is 2.48. The lowest BCUT2D eigenvalue weighted by atomic mass is 9.92. The molecule has 1 aromatic carbocycles. The van der Waals surface area contributed by atoms with Crippen LogP contribution in [0.15, 0.2) is 29.8 Å². The Morgan fingerprint density at radius 2 is 2.12 bits per heavy atom. The highest BCUT2D eigenvalue weighted by molar-refractivity contribution is 6.33.